The number of fused-ring (bicyclic) bond motifs is 3. The summed E-state index contributed by atoms with van der Waals surface area (Å²) in [7, 11) is 0. The van der Waals surface area contributed by atoms with Gasteiger partial charge in [-0.2, -0.15) is 5.10 Å². The van der Waals surface area contributed by atoms with Gasteiger partial charge < -0.3 is 17.4 Å². The normalized spacial score (nSPS) is 16.7. The Kier molecular flexibility index (Phi) is 3.23. The Morgan fingerprint density at radius 3 is 2.78 bits per heavy atom. The van der Waals surface area contributed by atoms with Gasteiger partial charge in [-0.05, 0) is 39.3 Å². The van der Waals surface area contributed by atoms with Crippen molar-refractivity contribution in [3.05, 3.63) is 27.9 Å². The van der Waals surface area contributed by atoms with Crippen LogP contribution in [-0.2, 0) is 30.4 Å². The molecule has 0 unspecified atom stereocenters. The van der Waals surface area contributed by atoms with Crippen molar-refractivity contribution >= 4 is 34.2 Å². The van der Waals surface area contributed by atoms with Crippen molar-refractivity contribution in [2.75, 3.05) is 0 Å². The molecule has 0 radical (unpaired) electrons. The highest BCUT2D eigenvalue weighted by Gasteiger charge is 2.29. The second kappa shape index (κ2) is 4.96. The topological polar surface area (TPSA) is 52.8 Å². The maximum absolute atomic E-state index is 5.91. The van der Waals surface area contributed by atoms with Crippen LogP contribution in [0.5, 0.6) is 0 Å². The molecule has 0 saturated carbocycles. The van der Waals surface area contributed by atoms with Crippen molar-refractivity contribution in [2.24, 2.45) is 0 Å². The Balaban J connectivity index is 1.92. The van der Waals surface area contributed by atoms with Crippen molar-refractivity contribution in [1.29, 1.82) is 0 Å². The molecule has 0 bridgehead atoms. The van der Waals surface area contributed by atoms with Crippen LogP contribution in [0.3, 0.4) is 0 Å². The van der Waals surface area contributed by atoms with E-state index in [0.717, 1.165) is 28.0 Å². The first-order valence-electron chi connectivity index (χ1n) is 7.51. The second-order valence-electron chi connectivity index (χ2n) is 6.58. The molecule has 5 nitrogen and oxygen atoms in total. The zero-order valence-corrected chi connectivity index (χ0v) is 15.1. The van der Waals surface area contributed by atoms with E-state index in [1.807, 2.05) is 19.9 Å². The zero-order chi connectivity index (χ0) is 16.4. The van der Waals surface area contributed by atoms with Gasteiger partial charge in [0.2, 0.25) is 0 Å². The van der Waals surface area contributed by atoms with Crippen LogP contribution in [0.4, 0.5) is 0 Å². The highest BCUT2D eigenvalue weighted by Crippen LogP contribution is 2.39. The number of nitrogens with zero attached hydrogens (tertiary/aromatic N) is 4. The lowest BCUT2D eigenvalue weighted by Crippen LogP contribution is -2.31. The first-order chi connectivity index (χ1) is 10.8. The molecule has 0 aromatic carbocycles. The molecule has 4 heterocycles. The van der Waals surface area contributed by atoms with Gasteiger partial charge in [0, 0.05) is 22.4 Å². The third kappa shape index (κ3) is 2.43. The number of aromatic nitrogens is 4. The number of rotatable bonds is 1. The lowest BCUT2D eigenvalue weighted by Gasteiger charge is -2.30. The summed E-state index contributed by atoms with van der Waals surface area (Å²) in [5.41, 5.74) is 3.03. The maximum Gasteiger partial charge on any atom is 0.250 e. The van der Waals surface area contributed by atoms with Crippen LogP contribution >= 0.6 is 11.3 Å². The highest BCUT2D eigenvalue weighted by atomic mass is 32.1. The predicted molar refractivity (Wildman–Crippen MR) is 92.2 cm³/mol. The number of ether oxygens (including phenoxy) is 1. The van der Waals surface area contributed by atoms with Crippen molar-refractivity contribution in [3.8, 4) is 5.95 Å². The van der Waals surface area contributed by atoms with E-state index in [1.54, 1.807) is 16.0 Å². The molecule has 3 aromatic heterocycles. The smallest absolute Gasteiger partial charge is 0.250 e. The van der Waals surface area contributed by atoms with E-state index in [2.05, 4.69) is 23.9 Å². The summed E-state index contributed by atoms with van der Waals surface area (Å²) in [5.74, 6) is 0.548. The fourth-order valence-electron chi connectivity index (χ4n) is 3.03. The first kappa shape index (κ1) is 15.0. The molecular weight excluding hydrogens is 328 g/mol. The van der Waals surface area contributed by atoms with E-state index in [9.17, 15) is 0 Å². The molecule has 0 spiro atoms. The van der Waals surface area contributed by atoms with E-state index >= 15 is 0 Å². The highest BCUT2D eigenvalue weighted by molar-refractivity contribution is 7.59. The molecule has 0 saturated heterocycles. The Morgan fingerprint density at radius 2 is 2.09 bits per heavy atom. The molecule has 120 valence electrons. The summed E-state index contributed by atoms with van der Waals surface area (Å²) in [6.07, 6.45) is 0.842. The van der Waals surface area contributed by atoms with Crippen molar-refractivity contribution < 1.29 is 4.74 Å². The first-order valence-corrected chi connectivity index (χ1v) is 8.73. The van der Waals surface area contributed by atoms with Crippen LogP contribution in [0.25, 0.3) is 16.2 Å². The summed E-state index contributed by atoms with van der Waals surface area (Å²) in [6, 6.07) is 2.01. The van der Waals surface area contributed by atoms with Crippen LogP contribution in [0.15, 0.2) is 11.1 Å². The van der Waals surface area contributed by atoms with Crippen molar-refractivity contribution in [2.45, 2.75) is 51.3 Å². The van der Waals surface area contributed by atoms with E-state index in [4.69, 9.17) is 22.3 Å². The lowest BCUT2D eigenvalue weighted by molar-refractivity contribution is -0.0379. The third-order valence-electron chi connectivity index (χ3n) is 4.08. The molecule has 23 heavy (non-hydrogen) atoms. The zero-order valence-electron chi connectivity index (χ0n) is 13.5. The molecular formula is C16H17N4OS2-. The molecule has 0 aliphatic carbocycles. The summed E-state index contributed by atoms with van der Waals surface area (Å²) >= 11 is 7.23. The Labute approximate surface area is 144 Å². The van der Waals surface area contributed by atoms with Gasteiger partial charge in [-0.15, -0.1) is 11.3 Å². The van der Waals surface area contributed by atoms with E-state index in [-0.39, 0.29) is 5.60 Å². The van der Waals surface area contributed by atoms with Crippen LogP contribution in [0.2, 0.25) is 0 Å². The monoisotopic (exact) mass is 345 g/mol. The summed E-state index contributed by atoms with van der Waals surface area (Å²) in [4.78, 5) is 11.4. The van der Waals surface area contributed by atoms with Crippen LogP contribution in [0, 0.1) is 13.8 Å². The van der Waals surface area contributed by atoms with Crippen LogP contribution in [0.1, 0.15) is 35.7 Å². The van der Waals surface area contributed by atoms with Gasteiger partial charge in [0.25, 0.3) is 5.95 Å². The van der Waals surface area contributed by atoms with Crippen LogP contribution < -0.4 is 0 Å². The standard InChI is InChI=1S/C16H18N4OS2/c1-8-5-9(2)20(19-8)15-17-13(22)12-10-6-16(3,4)21-7-11(10)23-14(12)18-15/h5H,6-7H2,1-4H3,(H,17,18,22)/p-1. The Bertz CT molecular complexity index is 926. The van der Waals surface area contributed by atoms with E-state index in [1.165, 1.54) is 10.4 Å². The molecule has 3 aromatic rings. The van der Waals surface area contributed by atoms with Gasteiger partial charge in [-0.25, -0.2) is 14.6 Å². The van der Waals surface area contributed by atoms with Crippen LogP contribution in [-0.4, -0.2) is 25.3 Å². The number of thiophene rings is 1. The van der Waals surface area contributed by atoms with Gasteiger partial charge in [0.15, 0.2) is 0 Å². The fourth-order valence-corrected chi connectivity index (χ4v) is 4.49. The Hall–Kier alpha value is -1.57. The molecule has 0 fully saturated rings. The van der Waals surface area contributed by atoms with Gasteiger partial charge in [-0.1, -0.05) is 5.03 Å². The van der Waals surface area contributed by atoms with Gasteiger partial charge in [0.1, 0.15) is 4.83 Å². The second-order valence-corrected chi connectivity index (χ2v) is 8.05. The maximum atomic E-state index is 5.91. The lowest BCUT2D eigenvalue weighted by atomic mass is 9.95. The third-order valence-corrected chi connectivity index (χ3v) is 5.48. The summed E-state index contributed by atoms with van der Waals surface area (Å²) < 4.78 is 7.66. The number of hydrogen-bond acceptors (Lipinski definition) is 6. The molecule has 0 amide bonds. The quantitative estimate of drug-likeness (QED) is 0.500. The SMILES string of the molecule is Cc1cc(C)n(-c2nc([S-])c3c4c(sc3n2)COC(C)(C)C4)n1. The molecule has 7 heteroatoms. The minimum absolute atomic E-state index is 0.170. The number of aryl methyl sites for hydroxylation is 2. The molecule has 1 aliphatic rings. The molecule has 4 rings (SSSR count). The molecule has 0 N–H and O–H groups in total. The molecule has 1 aliphatic heterocycles. The van der Waals surface area contributed by atoms with Crippen molar-refractivity contribution in [3.63, 3.8) is 0 Å². The van der Waals surface area contributed by atoms with E-state index in [0.29, 0.717) is 17.6 Å². The predicted octanol–water partition coefficient (Wildman–Crippen LogP) is 3.25. The Morgan fingerprint density at radius 1 is 1.30 bits per heavy atom. The average Bonchev–Trinajstić information content (AvgIpc) is 2.97. The average molecular weight is 345 g/mol. The van der Waals surface area contributed by atoms with Gasteiger partial charge in [0.05, 0.1) is 17.9 Å². The minimum atomic E-state index is -0.170. The largest absolute Gasteiger partial charge is 0.759 e. The van der Waals surface area contributed by atoms with Crippen molar-refractivity contribution in [1.82, 2.24) is 19.7 Å². The minimum Gasteiger partial charge on any atom is -0.759 e. The summed E-state index contributed by atoms with van der Waals surface area (Å²) in [5, 5.41) is 6.08. The molecule has 0 atom stereocenters. The number of hydrogen-bond donors (Lipinski definition) is 0. The van der Waals surface area contributed by atoms with Gasteiger partial charge in [-0.3, -0.25) is 0 Å². The van der Waals surface area contributed by atoms with Gasteiger partial charge >= 0.3 is 0 Å². The van der Waals surface area contributed by atoms with E-state index < -0.39 is 0 Å². The fraction of sp³-hybridized carbons (Fsp3) is 0.438. The summed E-state index contributed by atoms with van der Waals surface area (Å²) in [6.45, 7) is 8.78.